The van der Waals surface area contributed by atoms with Crippen LogP contribution in [0.2, 0.25) is 0 Å². The molecule has 0 radical (unpaired) electrons. The molecule has 0 spiro atoms. The lowest BCUT2D eigenvalue weighted by molar-refractivity contribution is 0.0785. The van der Waals surface area contributed by atoms with Gasteiger partial charge in [0, 0.05) is 35.3 Å². The molecule has 0 atom stereocenters. The Balaban J connectivity index is 2.01. The van der Waals surface area contributed by atoms with E-state index in [1.807, 2.05) is 0 Å². The summed E-state index contributed by atoms with van der Waals surface area (Å²) in [7, 11) is 0. The largest absolute Gasteiger partial charge is 0.452 e. The van der Waals surface area contributed by atoms with Gasteiger partial charge in [-0.15, -0.1) is 0 Å². The Morgan fingerprint density at radius 3 is 2.44 bits per heavy atom. The second-order valence-corrected chi connectivity index (χ2v) is 9.02. The van der Waals surface area contributed by atoms with E-state index in [9.17, 15) is 23.5 Å². The third kappa shape index (κ3) is 4.85. The smallest absolute Gasteiger partial charge is 0.251 e. The van der Waals surface area contributed by atoms with Gasteiger partial charge in [0.25, 0.3) is 5.91 Å². The molecule has 0 aliphatic rings. The van der Waals surface area contributed by atoms with Crippen molar-refractivity contribution in [3.8, 4) is 17.2 Å². The maximum absolute atomic E-state index is 14.4. The van der Waals surface area contributed by atoms with Crippen LogP contribution in [0.4, 0.5) is 8.78 Å². The van der Waals surface area contributed by atoms with E-state index in [-0.39, 0.29) is 22.8 Å². The first kappa shape index (κ1) is 25.1. The fourth-order valence-corrected chi connectivity index (χ4v) is 3.91. The molecule has 4 rings (SSSR count). The Morgan fingerprint density at radius 1 is 1.06 bits per heavy atom. The molecule has 2 N–H and O–H groups in total. The molecule has 8 heteroatoms. The number of hydrogen-bond acceptors (Lipinski definition) is 4. The molecule has 1 heterocycles. The number of nitrogens with one attached hydrogen (secondary N) is 1. The predicted molar refractivity (Wildman–Crippen MR) is 134 cm³/mol. The Labute approximate surface area is 206 Å². The summed E-state index contributed by atoms with van der Waals surface area (Å²) >= 11 is 0. The van der Waals surface area contributed by atoms with Gasteiger partial charge in [-0.25, -0.2) is 8.78 Å². The molecule has 4 aromatic rings. The highest BCUT2D eigenvalue weighted by Gasteiger charge is 2.21. The molecular formula is C28H26F2N2O4. The Kier molecular flexibility index (Phi) is 6.65. The van der Waals surface area contributed by atoms with E-state index in [2.05, 4.69) is 5.32 Å². The van der Waals surface area contributed by atoms with Crippen molar-refractivity contribution in [2.45, 2.75) is 33.3 Å². The third-order valence-corrected chi connectivity index (χ3v) is 5.82. The number of aliphatic hydroxyl groups is 1. The van der Waals surface area contributed by atoms with Gasteiger partial charge in [-0.05, 0) is 75.7 Å². The molecule has 0 fully saturated rings. The maximum atomic E-state index is 14.4. The third-order valence-electron chi connectivity index (χ3n) is 5.82. The van der Waals surface area contributed by atoms with E-state index >= 15 is 0 Å². The number of ether oxygens (including phenoxy) is 1. The van der Waals surface area contributed by atoms with Crippen LogP contribution in [0.5, 0.6) is 11.5 Å². The molecule has 0 bridgehead atoms. The van der Waals surface area contributed by atoms with Crippen LogP contribution >= 0.6 is 0 Å². The van der Waals surface area contributed by atoms with Crippen molar-refractivity contribution in [3.05, 3.63) is 99.3 Å². The van der Waals surface area contributed by atoms with Crippen LogP contribution in [0.15, 0.2) is 65.6 Å². The number of hydrogen-bond donors (Lipinski definition) is 2. The molecule has 36 heavy (non-hydrogen) atoms. The number of benzene rings is 3. The molecule has 0 saturated carbocycles. The van der Waals surface area contributed by atoms with Crippen molar-refractivity contribution < 1.29 is 23.4 Å². The standard InChI is InChI=1S/C28H26F2N2O4/c1-5-31-27(34)17-6-9-20-22(12-17)32(15-16(2)26(20)33)23-13-18(28(3,4)35)7-10-25(23)36-24-11-8-19(29)14-21(24)30/h6-15,35H,5H2,1-4H3,(H,31,34). The zero-order valence-electron chi connectivity index (χ0n) is 20.4. The van der Waals surface area contributed by atoms with E-state index in [0.29, 0.717) is 39.8 Å². The predicted octanol–water partition coefficient (Wildman–Crippen LogP) is 5.35. The molecule has 1 aromatic heterocycles. The molecule has 0 aliphatic carbocycles. The normalized spacial score (nSPS) is 11.5. The summed E-state index contributed by atoms with van der Waals surface area (Å²) in [5, 5.41) is 13.8. The number of amides is 1. The van der Waals surface area contributed by atoms with Crippen LogP contribution in [0, 0.1) is 18.6 Å². The molecule has 0 saturated heterocycles. The van der Waals surface area contributed by atoms with Gasteiger partial charge in [0.15, 0.2) is 22.7 Å². The quantitative estimate of drug-likeness (QED) is 0.380. The van der Waals surface area contributed by atoms with Gasteiger partial charge in [-0.2, -0.15) is 0 Å². The Bertz CT molecular complexity index is 1540. The molecule has 186 valence electrons. The number of aromatic nitrogens is 1. The lowest BCUT2D eigenvalue weighted by atomic mass is 9.97. The molecule has 1 amide bonds. The van der Waals surface area contributed by atoms with Gasteiger partial charge in [-0.3, -0.25) is 9.59 Å². The highest BCUT2D eigenvalue weighted by Crippen LogP contribution is 2.35. The molecule has 3 aromatic carbocycles. The van der Waals surface area contributed by atoms with Crippen LogP contribution in [-0.2, 0) is 5.60 Å². The first-order valence-electron chi connectivity index (χ1n) is 11.4. The lowest BCUT2D eigenvalue weighted by Crippen LogP contribution is -2.23. The van der Waals surface area contributed by atoms with Gasteiger partial charge in [0.05, 0.1) is 16.8 Å². The number of pyridine rings is 1. The lowest BCUT2D eigenvalue weighted by Gasteiger charge is -2.22. The molecule has 0 unspecified atom stereocenters. The summed E-state index contributed by atoms with van der Waals surface area (Å²) < 4.78 is 35.4. The fraction of sp³-hybridized carbons (Fsp3) is 0.214. The summed E-state index contributed by atoms with van der Waals surface area (Å²) in [6.07, 6.45) is 1.60. The number of carbonyl (C=O) groups is 1. The minimum atomic E-state index is -1.22. The van der Waals surface area contributed by atoms with Crippen molar-refractivity contribution in [2.75, 3.05) is 6.54 Å². The van der Waals surface area contributed by atoms with Gasteiger partial charge in [0.2, 0.25) is 0 Å². The highest BCUT2D eigenvalue weighted by molar-refractivity contribution is 5.98. The van der Waals surface area contributed by atoms with Gasteiger partial charge in [0.1, 0.15) is 5.82 Å². The zero-order chi connectivity index (χ0) is 26.2. The molecular weight excluding hydrogens is 466 g/mol. The van der Waals surface area contributed by atoms with Gasteiger partial charge < -0.3 is 19.7 Å². The van der Waals surface area contributed by atoms with E-state index in [4.69, 9.17) is 4.74 Å². The SMILES string of the molecule is CCNC(=O)c1ccc2c(=O)c(C)cn(-c3cc(C(C)(C)O)ccc3Oc3ccc(F)cc3F)c2c1. The van der Waals surface area contributed by atoms with Crippen molar-refractivity contribution in [2.24, 2.45) is 0 Å². The van der Waals surface area contributed by atoms with Crippen LogP contribution in [-0.4, -0.2) is 22.1 Å². The Hall–Kier alpha value is -4.04. The minimum absolute atomic E-state index is 0.196. The minimum Gasteiger partial charge on any atom is -0.452 e. The van der Waals surface area contributed by atoms with Crippen LogP contribution in [0.25, 0.3) is 16.6 Å². The van der Waals surface area contributed by atoms with E-state index in [0.717, 1.165) is 12.1 Å². The average molecular weight is 493 g/mol. The number of halogens is 2. The number of carbonyl (C=O) groups excluding carboxylic acids is 1. The summed E-state index contributed by atoms with van der Waals surface area (Å²) in [5.41, 5.74) is 0.715. The second-order valence-electron chi connectivity index (χ2n) is 9.02. The average Bonchev–Trinajstić information content (AvgIpc) is 2.82. The molecule has 0 aliphatic heterocycles. The van der Waals surface area contributed by atoms with E-state index in [1.165, 1.54) is 6.07 Å². The molecule has 6 nitrogen and oxygen atoms in total. The zero-order valence-corrected chi connectivity index (χ0v) is 20.4. The second kappa shape index (κ2) is 9.54. The van der Waals surface area contributed by atoms with Crippen molar-refractivity contribution in [1.29, 1.82) is 0 Å². The maximum Gasteiger partial charge on any atom is 0.251 e. The van der Waals surface area contributed by atoms with E-state index in [1.54, 1.807) is 74.9 Å². The van der Waals surface area contributed by atoms with Gasteiger partial charge in [-0.1, -0.05) is 6.07 Å². The number of fused-ring (bicyclic) bond motifs is 1. The number of nitrogens with zero attached hydrogens (tertiary/aromatic N) is 1. The van der Waals surface area contributed by atoms with Crippen LogP contribution < -0.4 is 15.5 Å². The first-order chi connectivity index (χ1) is 17.0. The first-order valence-corrected chi connectivity index (χ1v) is 11.4. The van der Waals surface area contributed by atoms with Crippen molar-refractivity contribution >= 4 is 16.8 Å². The summed E-state index contributed by atoms with van der Waals surface area (Å²) in [6.45, 7) is 7.14. The van der Waals surface area contributed by atoms with Crippen LogP contribution in [0.1, 0.15) is 42.3 Å². The summed E-state index contributed by atoms with van der Waals surface area (Å²) in [4.78, 5) is 25.4. The van der Waals surface area contributed by atoms with E-state index < -0.39 is 17.2 Å². The topological polar surface area (TPSA) is 80.6 Å². The highest BCUT2D eigenvalue weighted by atomic mass is 19.1. The number of rotatable bonds is 6. The summed E-state index contributed by atoms with van der Waals surface area (Å²) in [6, 6.07) is 12.6. The number of aryl methyl sites for hydroxylation is 1. The van der Waals surface area contributed by atoms with Gasteiger partial charge >= 0.3 is 0 Å². The van der Waals surface area contributed by atoms with Crippen LogP contribution in [0.3, 0.4) is 0 Å². The fourth-order valence-electron chi connectivity index (χ4n) is 3.91. The Morgan fingerprint density at radius 2 is 1.78 bits per heavy atom. The van der Waals surface area contributed by atoms with Crippen molar-refractivity contribution in [3.63, 3.8) is 0 Å². The summed E-state index contributed by atoms with van der Waals surface area (Å²) in [5.74, 6) is -1.92. The monoisotopic (exact) mass is 492 g/mol. The van der Waals surface area contributed by atoms with Crippen molar-refractivity contribution in [1.82, 2.24) is 9.88 Å².